The van der Waals surface area contributed by atoms with Crippen LogP contribution in [0.15, 0.2) is 0 Å². The number of rotatable bonds is 1. The summed E-state index contributed by atoms with van der Waals surface area (Å²) in [4.78, 5) is 0. The molecule has 1 saturated heterocycles. The molecule has 10 heavy (non-hydrogen) atoms. The van der Waals surface area contributed by atoms with Gasteiger partial charge < -0.3 is 5.32 Å². The lowest BCUT2D eigenvalue weighted by molar-refractivity contribution is 0.0399. The van der Waals surface area contributed by atoms with Crippen molar-refractivity contribution in [2.24, 2.45) is 11.3 Å². The van der Waals surface area contributed by atoms with Crippen molar-refractivity contribution in [2.45, 2.75) is 39.2 Å². The van der Waals surface area contributed by atoms with Gasteiger partial charge in [-0.05, 0) is 37.1 Å². The van der Waals surface area contributed by atoms with E-state index in [-0.39, 0.29) is 0 Å². The molecule has 3 unspecified atom stereocenters. The van der Waals surface area contributed by atoms with Crippen molar-refractivity contribution in [3.8, 4) is 0 Å². The summed E-state index contributed by atoms with van der Waals surface area (Å²) in [5, 5.41) is 3.60. The van der Waals surface area contributed by atoms with Crippen LogP contribution in [0.5, 0.6) is 0 Å². The zero-order chi connectivity index (χ0) is 7.19. The smallest absolute Gasteiger partial charge is 0.0150 e. The molecule has 0 aromatic rings. The minimum absolute atomic E-state index is 0.654. The van der Waals surface area contributed by atoms with E-state index in [1.165, 1.54) is 25.8 Å². The molecule has 0 amide bonds. The van der Waals surface area contributed by atoms with Crippen molar-refractivity contribution >= 4 is 0 Å². The average molecular weight is 139 g/mol. The van der Waals surface area contributed by atoms with Gasteiger partial charge in [0.2, 0.25) is 0 Å². The Morgan fingerprint density at radius 3 is 3.00 bits per heavy atom. The fourth-order valence-corrected chi connectivity index (χ4v) is 2.72. The zero-order valence-electron chi connectivity index (χ0n) is 6.98. The molecule has 3 atom stereocenters. The second kappa shape index (κ2) is 1.97. The second-order valence-electron chi connectivity index (χ2n) is 4.19. The van der Waals surface area contributed by atoms with Crippen molar-refractivity contribution in [2.75, 3.05) is 6.54 Å². The molecule has 1 saturated carbocycles. The van der Waals surface area contributed by atoms with E-state index in [0.717, 1.165) is 12.0 Å². The summed E-state index contributed by atoms with van der Waals surface area (Å²) in [5.74, 6) is 1.03. The lowest BCUT2D eigenvalue weighted by Gasteiger charge is -2.50. The highest BCUT2D eigenvalue weighted by molar-refractivity contribution is 5.06. The summed E-state index contributed by atoms with van der Waals surface area (Å²) >= 11 is 0. The van der Waals surface area contributed by atoms with E-state index in [1.807, 2.05) is 0 Å². The van der Waals surface area contributed by atoms with Crippen molar-refractivity contribution in [1.29, 1.82) is 0 Å². The Morgan fingerprint density at radius 2 is 2.40 bits per heavy atom. The summed E-state index contributed by atoms with van der Waals surface area (Å²) < 4.78 is 0. The van der Waals surface area contributed by atoms with Crippen LogP contribution < -0.4 is 5.32 Å². The third-order valence-corrected chi connectivity index (χ3v) is 3.64. The average Bonchev–Trinajstić information content (AvgIpc) is 2.30. The molecule has 58 valence electrons. The molecule has 2 aliphatic rings. The normalized spacial score (nSPS) is 52.2. The van der Waals surface area contributed by atoms with E-state index in [4.69, 9.17) is 0 Å². The number of hydrogen-bond acceptors (Lipinski definition) is 1. The van der Waals surface area contributed by atoms with Gasteiger partial charge in [-0.2, -0.15) is 0 Å². The van der Waals surface area contributed by atoms with Gasteiger partial charge in [-0.3, -0.25) is 0 Å². The predicted molar refractivity (Wildman–Crippen MR) is 42.9 cm³/mol. The topological polar surface area (TPSA) is 12.0 Å². The Kier molecular flexibility index (Phi) is 1.31. The van der Waals surface area contributed by atoms with Crippen molar-refractivity contribution < 1.29 is 0 Å². The first-order chi connectivity index (χ1) is 4.76. The monoisotopic (exact) mass is 139 g/mol. The molecule has 0 aromatic heterocycles. The van der Waals surface area contributed by atoms with Gasteiger partial charge in [0.25, 0.3) is 0 Å². The molecule has 2 fully saturated rings. The van der Waals surface area contributed by atoms with Crippen LogP contribution in [-0.2, 0) is 0 Å². The highest BCUT2D eigenvalue weighted by Gasteiger charge is 2.50. The fraction of sp³-hybridized carbons (Fsp3) is 1.00. The highest BCUT2D eigenvalue weighted by Crippen LogP contribution is 2.51. The van der Waals surface area contributed by atoms with Crippen molar-refractivity contribution in [3.05, 3.63) is 0 Å². The maximum atomic E-state index is 3.60. The molecule has 0 spiro atoms. The van der Waals surface area contributed by atoms with Crippen LogP contribution in [0.4, 0.5) is 0 Å². The van der Waals surface area contributed by atoms with Gasteiger partial charge in [0.05, 0.1) is 0 Å². The van der Waals surface area contributed by atoms with Crippen LogP contribution >= 0.6 is 0 Å². The van der Waals surface area contributed by atoms with Gasteiger partial charge in [-0.25, -0.2) is 0 Å². The molecule has 1 aliphatic carbocycles. The van der Waals surface area contributed by atoms with E-state index in [1.54, 1.807) is 0 Å². The van der Waals surface area contributed by atoms with Crippen LogP contribution in [0.2, 0.25) is 0 Å². The van der Waals surface area contributed by atoms with Crippen LogP contribution in [0.3, 0.4) is 0 Å². The van der Waals surface area contributed by atoms with Gasteiger partial charge in [0.15, 0.2) is 0 Å². The Morgan fingerprint density at radius 1 is 1.60 bits per heavy atom. The molecule has 1 aliphatic heterocycles. The van der Waals surface area contributed by atoms with Gasteiger partial charge >= 0.3 is 0 Å². The Hall–Kier alpha value is -0.0400. The van der Waals surface area contributed by atoms with E-state index >= 15 is 0 Å². The van der Waals surface area contributed by atoms with E-state index in [2.05, 4.69) is 19.2 Å². The largest absolute Gasteiger partial charge is 0.313 e. The molecular formula is C9H17N. The van der Waals surface area contributed by atoms with Crippen molar-refractivity contribution in [3.63, 3.8) is 0 Å². The van der Waals surface area contributed by atoms with Crippen molar-refractivity contribution in [1.82, 2.24) is 5.32 Å². The molecule has 0 bridgehead atoms. The molecule has 0 radical (unpaired) electrons. The van der Waals surface area contributed by atoms with Crippen LogP contribution in [0, 0.1) is 11.3 Å². The molecule has 1 N–H and O–H groups in total. The summed E-state index contributed by atoms with van der Waals surface area (Å²) in [6.07, 6.45) is 4.25. The molecule has 0 aromatic carbocycles. The minimum atomic E-state index is 0.654. The van der Waals surface area contributed by atoms with E-state index in [0.29, 0.717) is 5.41 Å². The zero-order valence-corrected chi connectivity index (χ0v) is 6.98. The highest BCUT2D eigenvalue weighted by atomic mass is 15.0. The maximum Gasteiger partial charge on any atom is 0.0150 e. The third kappa shape index (κ3) is 0.672. The second-order valence-corrected chi connectivity index (χ2v) is 4.19. The SMILES string of the molecule is CCC1(C)CC2CCNC21. The third-order valence-electron chi connectivity index (χ3n) is 3.64. The lowest BCUT2D eigenvalue weighted by atomic mass is 9.58. The Labute approximate surface area is 63.2 Å². The van der Waals surface area contributed by atoms with Crippen LogP contribution in [-0.4, -0.2) is 12.6 Å². The summed E-state index contributed by atoms with van der Waals surface area (Å²) in [6.45, 7) is 6.01. The number of fused-ring (bicyclic) bond motifs is 1. The molecule has 1 nitrogen and oxygen atoms in total. The van der Waals surface area contributed by atoms with Crippen LogP contribution in [0.1, 0.15) is 33.1 Å². The summed E-state index contributed by atoms with van der Waals surface area (Å²) in [5.41, 5.74) is 0.654. The number of hydrogen-bond donors (Lipinski definition) is 1. The summed E-state index contributed by atoms with van der Waals surface area (Å²) in [6, 6.07) is 0.873. The molecular weight excluding hydrogens is 122 g/mol. The van der Waals surface area contributed by atoms with E-state index in [9.17, 15) is 0 Å². The maximum absolute atomic E-state index is 3.60. The lowest BCUT2D eigenvalue weighted by Crippen LogP contribution is -2.53. The first-order valence-corrected chi connectivity index (χ1v) is 4.49. The molecule has 1 heteroatoms. The minimum Gasteiger partial charge on any atom is -0.313 e. The molecule has 2 rings (SSSR count). The standard InChI is InChI=1S/C9H17N/c1-3-9(2)6-7-4-5-10-8(7)9/h7-8,10H,3-6H2,1-2H3. The van der Waals surface area contributed by atoms with Crippen LogP contribution in [0.25, 0.3) is 0 Å². The quantitative estimate of drug-likeness (QED) is 0.584. The first-order valence-electron chi connectivity index (χ1n) is 4.49. The number of nitrogens with one attached hydrogen (secondary N) is 1. The Bertz CT molecular complexity index is 144. The van der Waals surface area contributed by atoms with Gasteiger partial charge in [-0.15, -0.1) is 0 Å². The Balaban J connectivity index is 2.05. The van der Waals surface area contributed by atoms with Gasteiger partial charge in [0.1, 0.15) is 0 Å². The predicted octanol–water partition coefficient (Wildman–Crippen LogP) is 1.78. The van der Waals surface area contributed by atoms with Gasteiger partial charge in [0, 0.05) is 6.04 Å². The summed E-state index contributed by atoms with van der Waals surface area (Å²) in [7, 11) is 0. The fourth-order valence-electron chi connectivity index (χ4n) is 2.72. The van der Waals surface area contributed by atoms with Gasteiger partial charge in [-0.1, -0.05) is 13.8 Å². The van der Waals surface area contributed by atoms with E-state index < -0.39 is 0 Å². The molecule has 1 heterocycles. The first kappa shape index (κ1) is 6.66.